The van der Waals surface area contributed by atoms with Gasteiger partial charge in [0.25, 0.3) is 0 Å². The molecule has 1 aromatic rings. The smallest absolute Gasteiger partial charge is 0.410 e. The molecule has 0 bridgehead atoms. The summed E-state index contributed by atoms with van der Waals surface area (Å²) < 4.78 is 5.45. The SMILES string of the molecule is CC1CCc2ncnc(N3CCN(C(=O)OC(C)(C)C)CC3)c21. The monoisotopic (exact) mass is 318 g/mol. The summed E-state index contributed by atoms with van der Waals surface area (Å²) in [5, 5.41) is 0. The number of anilines is 1. The fourth-order valence-corrected chi connectivity index (χ4v) is 3.30. The maximum atomic E-state index is 12.2. The molecule has 1 saturated heterocycles. The summed E-state index contributed by atoms with van der Waals surface area (Å²) in [5.74, 6) is 1.58. The van der Waals surface area contributed by atoms with Crippen molar-refractivity contribution in [3.8, 4) is 0 Å². The van der Waals surface area contributed by atoms with Gasteiger partial charge in [-0.05, 0) is 39.5 Å². The van der Waals surface area contributed by atoms with Crippen LogP contribution in [0.1, 0.15) is 51.3 Å². The van der Waals surface area contributed by atoms with Gasteiger partial charge in [0.15, 0.2) is 0 Å². The molecular formula is C17H26N4O2. The van der Waals surface area contributed by atoms with Gasteiger partial charge in [0.1, 0.15) is 17.7 Å². The Morgan fingerprint density at radius 1 is 1.22 bits per heavy atom. The number of aryl methyl sites for hydroxylation is 1. The van der Waals surface area contributed by atoms with Crippen LogP contribution in [-0.2, 0) is 11.2 Å². The number of carbonyl (C=O) groups is 1. The molecule has 1 aliphatic heterocycles. The summed E-state index contributed by atoms with van der Waals surface area (Å²) in [4.78, 5) is 25.2. The van der Waals surface area contributed by atoms with Gasteiger partial charge in [0.05, 0.1) is 0 Å². The standard InChI is InChI=1S/C17H26N4O2/c1-12-5-6-13-14(12)15(19-11-18-13)20-7-9-21(10-8-20)16(22)23-17(2,3)4/h11-12H,5-10H2,1-4H3. The number of carbonyl (C=O) groups excluding carboxylic acids is 1. The Balaban J connectivity index is 1.67. The first-order valence-corrected chi connectivity index (χ1v) is 8.42. The van der Waals surface area contributed by atoms with Gasteiger partial charge in [-0.3, -0.25) is 0 Å². The van der Waals surface area contributed by atoms with Crippen LogP contribution in [0.15, 0.2) is 6.33 Å². The minimum Gasteiger partial charge on any atom is -0.444 e. The molecular weight excluding hydrogens is 292 g/mol. The van der Waals surface area contributed by atoms with Crippen LogP contribution >= 0.6 is 0 Å². The lowest BCUT2D eigenvalue weighted by molar-refractivity contribution is 0.0240. The quantitative estimate of drug-likeness (QED) is 0.796. The van der Waals surface area contributed by atoms with E-state index in [0.717, 1.165) is 31.7 Å². The fraction of sp³-hybridized carbons (Fsp3) is 0.706. The van der Waals surface area contributed by atoms with E-state index in [1.54, 1.807) is 11.2 Å². The summed E-state index contributed by atoms with van der Waals surface area (Å²) in [7, 11) is 0. The number of aromatic nitrogens is 2. The predicted octanol–water partition coefficient (Wildman–Crippen LogP) is 2.58. The second-order valence-electron chi connectivity index (χ2n) is 7.45. The third-order valence-corrected chi connectivity index (χ3v) is 4.48. The number of fused-ring (bicyclic) bond motifs is 1. The van der Waals surface area contributed by atoms with E-state index in [4.69, 9.17) is 4.74 Å². The predicted molar refractivity (Wildman–Crippen MR) is 88.8 cm³/mol. The van der Waals surface area contributed by atoms with Gasteiger partial charge < -0.3 is 14.5 Å². The van der Waals surface area contributed by atoms with Crippen LogP contribution in [-0.4, -0.2) is 52.7 Å². The van der Waals surface area contributed by atoms with Crippen LogP contribution in [0.3, 0.4) is 0 Å². The third kappa shape index (κ3) is 3.41. The van der Waals surface area contributed by atoms with E-state index in [-0.39, 0.29) is 6.09 Å². The van der Waals surface area contributed by atoms with Gasteiger partial charge in [0.2, 0.25) is 0 Å². The molecule has 1 fully saturated rings. The zero-order valence-electron chi connectivity index (χ0n) is 14.5. The van der Waals surface area contributed by atoms with Crippen molar-refractivity contribution in [2.24, 2.45) is 0 Å². The van der Waals surface area contributed by atoms with Crippen molar-refractivity contribution < 1.29 is 9.53 Å². The van der Waals surface area contributed by atoms with Crippen molar-refractivity contribution >= 4 is 11.9 Å². The van der Waals surface area contributed by atoms with Crippen LogP contribution in [0, 0.1) is 0 Å². The van der Waals surface area contributed by atoms with Crippen LogP contribution in [0.4, 0.5) is 10.6 Å². The molecule has 0 spiro atoms. The fourth-order valence-electron chi connectivity index (χ4n) is 3.30. The molecule has 1 aromatic heterocycles. The maximum absolute atomic E-state index is 12.2. The highest BCUT2D eigenvalue weighted by atomic mass is 16.6. The molecule has 0 saturated carbocycles. The second kappa shape index (κ2) is 5.98. The molecule has 2 aliphatic rings. The molecule has 0 aromatic carbocycles. The molecule has 0 radical (unpaired) electrons. The van der Waals surface area contributed by atoms with Gasteiger partial charge in [-0.15, -0.1) is 0 Å². The number of piperazine rings is 1. The Hall–Kier alpha value is -1.85. The Bertz CT molecular complexity index is 589. The molecule has 2 heterocycles. The number of hydrogen-bond acceptors (Lipinski definition) is 5. The summed E-state index contributed by atoms with van der Waals surface area (Å²) >= 11 is 0. The highest BCUT2D eigenvalue weighted by Crippen LogP contribution is 2.37. The summed E-state index contributed by atoms with van der Waals surface area (Å²) in [6, 6.07) is 0. The van der Waals surface area contributed by atoms with Crippen molar-refractivity contribution in [1.82, 2.24) is 14.9 Å². The van der Waals surface area contributed by atoms with Gasteiger partial charge in [-0.25, -0.2) is 14.8 Å². The van der Waals surface area contributed by atoms with Gasteiger partial charge >= 0.3 is 6.09 Å². The van der Waals surface area contributed by atoms with E-state index in [0.29, 0.717) is 19.0 Å². The van der Waals surface area contributed by atoms with E-state index in [1.165, 1.54) is 11.3 Å². The Kier molecular flexibility index (Phi) is 4.17. The number of hydrogen-bond donors (Lipinski definition) is 0. The largest absolute Gasteiger partial charge is 0.444 e. The van der Waals surface area contributed by atoms with E-state index >= 15 is 0 Å². The Labute approximate surface area is 137 Å². The topological polar surface area (TPSA) is 58.6 Å². The van der Waals surface area contributed by atoms with Crippen LogP contribution < -0.4 is 4.90 Å². The maximum Gasteiger partial charge on any atom is 0.410 e. The summed E-state index contributed by atoms with van der Waals surface area (Å²) in [6.45, 7) is 10.8. The summed E-state index contributed by atoms with van der Waals surface area (Å²) in [6.07, 6.45) is 3.65. The lowest BCUT2D eigenvalue weighted by Gasteiger charge is -2.37. The van der Waals surface area contributed by atoms with Crippen LogP contribution in [0.25, 0.3) is 0 Å². The lowest BCUT2D eigenvalue weighted by Crippen LogP contribution is -2.50. The molecule has 1 unspecified atom stereocenters. The van der Waals surface area contributed by atoms with E-state index in [2.05, 4.69) is 21.8 Å². The molecule has 6 heteroatoms. The van der Waals surface area contributed by atoms with E-state index < -0.39 is 5.60 Å². The average Bonchev–Trinajstić information content (AvgIpc) is 2.87. The normalized spacial score (nSPS) is 21.3. The molecule has 1 atom stereocenters. The molecule has 3 rings (SSSR count). The highest BCUT2D eigenvalue weighted by Gasteiger charge is 2.30. The van der Waals surface area contributed by atoms with Crippen LogP contribution in [0.2, 0.25) is 0 Å². The first-order valence-electron chi connectivity index (χ1n) is 8.42. The second-order valence-corrected chi connectivity index (χ2v) is 7.45. The number of amides is 1. The van der Waals surface area contributed by atoms with Gasteiger partial charge in [-0.2, -0.15) is 0 Å². The molecule has 1 amide bonds. The first kappa shape index (κ1) is 16.0. The molecule has 23 heavy (non-hydrogen) atoms. The van der Waals surface area contributed by atoms with Crippen molar-refractivity contribution in [3.05, 3.63) is 17.6 Å². The number of rotatable bonds is 1. The Morgan fingerprint density at radius 2 is 1.91 bits per heavy atom. The minimum atomic E-state index is -0.447. The zero-order chi connectivity index (χ0) is 16.6. The number of nitrogens with zero attached hydrogens (tertiary/aromatic N) is 4. The van der Waals surface area contributed by atoms with E-state index in [1.807, 2.05) is 20.8 Å². The van der Waals surface area contributed by atoms with Crippen molar-refractivity contribution in [2.75, 3.05) is 31.1 Å². The van der Waals surface area contributed by atoms with Crippen molar-refractivity contribution in [3.63, 3.8) is 0 Å². The average molecular weight is 318 g/mol. The minimum absolute atomic E-state index is 0.224. The summed E-state index contributed by atoms with van der Waals surface area (Å²) in [5.41, 5.74) is 2.05. The van der Waals surface area contributed by atoms with Crippen molar-refractivity contribution in [1.29, 1.82) is 0 Å². The van der Waals surface area contributed by atoms with E-state index in [9.17, 15) is 4.79 Å². The first-order chi connectivity index (χ1) is 10.8. The van der Waals surface area contributed by atoms with Crippen molar-refractivity contribution in [2.45, 2.75) is 52.1 Å². The molecule has 1 aliphatic carbocycles. The lowest BCUT2D eigenvalue weighted by atomic mass is 10.1. The zero-order valence-corrected chi connectivity index (χ0v) is 14.5. The Morgan fingerprint density at radius 3 is 2.57 bits per heavy atom. The van der Waals surface area contributed by atoms with Crippen LogP contribution in [0.5, 0.6) is 0 Å². The number of ether oxygens (including phenoxy) is 1. The molecule has 6 nitrogen and oxygen atoms in total. The van der Waals surface area contributed by atoms with Gasteiger partial charge in [0, 0.05) is 37.4 Å². The molecule has 126 valence electrons. The third-order valence-electron chi connectivity index (χ3n) is 4.48. The molecule has 0 N–H and O–H groups in total. The highest BCUT2D eigenvalue weighted by molar-refractivity contribution is 5.68. The van der Waals surface area contributed by atoms with Gasteiger partial charge in [-0.1, -0.05) is 6.92 Å².